The molecule has 0 aromatic carbocycles. The van der Waals surface area contributed by atoms with Gasteiger partial charge in [-0.1, -0.05) is 13.8 Å². The van der Waals surface area contributed by atoms with E-state index in [-0.39, 0.29) is 11.2 Å². The van der Waals surface area contributed by atoms with Crippen LogP contribution in [0.4, 0.5) is 0 Å². The molecule has 15 heavy (non-hydrogen) atoms. The molecule has 0 spiro atoms. The molecule has 0 saturated heterocycles. The summed E-state index contributed by atoms with van der Waals surface area (Å²) in [4.78, 5) is 17.7. The molecular weight excluding hydrogens is 208 g/mol. The summed E-state index contributed by atoms with van der Waals surface area (Å²) in [5.74, 6) is 0.229. The third-order valence-corrected chi connectivity index (χ3v) is 3.17. The van der Waals surface area contributed by atoms with Crippen molar-refractivity contribution < 1.29 is 4.79 Å². The van der Waals surface area contributed by atoms with Gasteiger partial charge in [0, 0.05) is 23.9 Å². The Kier molecular flexibility index (Phi) is 3.99. The van der Waals surface area contributed by atoms with E-state index in [1.807, 2.05) is 31.8 Å². The molecule has 0 N–H and O–H groups in total. The monoisotopic (exact) mass is 226 g/mol. The van der Waals surface area contributed by atoms with Crippen LogP contribution in [0.15, 0.2) is 10.9 Å². The quantitative estimate of drug-likeness (QED) is 0.771. The van der Waals surface area contributed by atoms with E-state index in [4.69, 9.17) is 0 Å². The molecule has 1 aromatic rings. The van der Waals surface area contributed by atoms with Gasteiger partial charge in [0.1, 0.15) is 5.78 Å². The van der Waals surface area contributed by atoms with E-state index in [9.17, 15) is 4.79 Å². The van der Waals surface area contributed by atoms with Gasteiger partial charge in [0.15, 0.2) is 0 Å². The Morgan fingerprint density at radius 3 is 2.73 bits per heavy atom. The van der Waals surface area contributed by atoms with Gasteiger partial charge >= 0.3 is 0 Å². The van der Waals surface area contributed by atoms with E-state index in [2.05, 4.69) is 9.88 Å². The largest absolute Gasteiger partial charge is 0.300 e. The number of nitrogens with zero attached hydrogens (tertiary/aromatic N) is 2. The molecule has 3 nitrogen and oxygen atoms in total. The maximum Gasteiger partial charge on any atom is 0.136 e. The van der Waals surface area contributed by atoms with Crippen LogP contribution >= 0.6 is 11.3 Å². The summed E-state index contributed by atoms with van der Waals surface area (Å²) >= 11 is 1.60. The van der Waals surface area contributed by atoms with Crippen molar-refractivity contribution in [3.63, 3.8) is 0 Å². The van der Waals surface area contributed by atoms with Crippen LogP contribution in [-0.2, 0) is 11.3 Å². The highest BCUT2D eigenvalue weighted by Crippen LogP contribution is 2.18. The Balaban J connectivity index is 2.49. The molecule has 84 valence electrons. The van der Waals surface area contributed by atoms with Gasteiger partial charge in [-0.25, -0.2) is 4.98 Å². The van der Waals surface area contributed by atoms with E-state index in [1.165, 1.54) is 0 Å². The lowest BCUT2D eigenvalue weighted by Gasteiger charge is -2.27. The fourth-order valence-corrected chi connectivity index (χ4v) is 1.98. The van der Waals surface area contributed by atoms with Gasteiger partial charge in [-0.15, -0.1) is 11.3 Å². The first-order chi connectivity index (χ1) is 6.92. The van der Waals surface area contributed by atoms with Crippen molar-refractivity contribution in [2.45, 2.75) is 27.3 Å². The topological polar surface area (TPSA) is 33.2 Å². The van der Waals surface area contributed by atoms with Crippen molar-refractivity contribution in [1.29, 1.82) is 0 Å². The maximum absolute atomic E-state index is 11.4. The van der Waals surface area contributed by atoms with Crippen LogP contribution in [0.3, 0.4) is 0 Å². The maximum atomic E-state index is 11.4. The van der Waals surface area contributed by atoms with E-state index in [0.29, 0.717) is 0 Å². The van der Waals surface area contributed by atoms with E-state index in [1.54, 1.807) is 18.3 Å². The highest BCUT2D eigenvalue weighted by molar-refractivity contribution is 7.07. The summed E-state index contributed by atoms with van der Waals surface area (Å²) in [6, 6.07) is 0. The van der Waals surface area contributed by atoms with Gasteiger partial charge in [-0.3, -0.25) is 9.69 Å². The standard InChI is InChI=1S/C11H18N2OS/c1-9(14)11(2,3)7-13(4)5-10-6-15-8-12-10/h6,8H,5,7H2,1-4H3. The lowest BCUT2D eigenvalue weighted by molar-refractivity contribution is -0.125. The molecule has 1 aromatic heterocycles. The third kappa shape index (κ3) is 3.72. The zero-order chi connectivity index (χ0) is 11.5. The summed E-state index contributed by atoms with van der Waals surface area (Å²) in [5, 5.41) is 2.04. The smallest absolute Gasteiger partial charge is 0.136 e. The average Bonchev–Trinajstić information content (AvgIpc) is 2.54. The molecule has 0 saturated carbocycles. The molecule has 1 heterocycles. The predicted octanol–water partition coefficient (Wildman–Crippen LogP) is 2.19. The summed E-state index contributed by atoms with van der Waals surface area (Å²) < 4.78 is 0. The summed E-state index contributed by atoms with van der Waals surface area (Å²) in [5.41, 5.74) is 2.63. The van der Waals surface area contributed by atoms with Crippen LogP contribution in [0.5, 0.6) is 0 Å². The number of aromatic nitrogens is 1. The molecule has 1 rings (SSSR count). The second-order valence-corrected chi connectivity index (χ2v) is 5.31. The molecule has 0 aliphatic rings. The minimum atomic E-state index is -0.273. The second-order valence-electron chi connectivity index (χ2n) is 4.59. The van der Waals surface area contributed by atoms with Gasteiger partial charge in [0.2, 0.25) is 0 Å². The fourth-order valence-electron chi connectivity index (χ4n) is 1.43. The van der Waals surface area contributed by atoms with Gasteiger partial charge < -0.3 is 0 Å². The van der Waals surface area contributed by atoms with Crippen LogP contribution in [0, 0.1) is 5.41 Å². The number of hydrogen-bond acceptors (Lipinski definition) is 4. The van der Waals surface area contributed by atoms with Crippen LogP contribution in [0.25, 0.3) is 0 Å². The first kappa shape index (κ1) is 12.3. The number of carbonyl (C=O) groups is 1. The van der Waals surface area contributed by atoms with E-state index in [0.717, 1.165) is 18.8 Å². The number of rotatable bonds is 5. The first-order valence-electron chi connectivity index (χ1n) is 4.98. The number of ketones is 1. The highest BCUT2D eigenvalue weighted by atomic mass is 32.1. The Morgan fingerprint density at radius 1 is 1.60 bits per heavy atom. The second kappa shape index (κ2) is 4.86. The van der Waals surface area contributed by atoms with Gasteiger partial charge in [0.25, 0.3) is 0 Å². The molecular formula is C11H18N2OS. The summed E-state index contributed by atoms with van der Waals surface area (Å²) in [6.45, 7) is 7.18. The Morgan fingerprint density at radius 2 is 2.27 bits per heavy atom. The zero-order valence-corrected chi connectivity index (χ0v) is 10.6. The predicted molar refractivity (Wildman–Crippen MR) is 62.9 cm³/mol. The first-order valence-corrected chi connectivity index (χ1v) is 5.93. The Labute approximate surface area is 95.1 Å². The van der Waals surface area contributed by atoms with Crippen molar-refractivity contribution in [3.05, 3.63) is 16.6 Å². The molecule has 0 unspecified atom stereocenters. The van der Waals surface area contributed by atoms with Crippen molar-refractivity contribution in [1.82, 2.24) is 9.88 Å². The van der Waals surface area contributed by atoms with Crippen LogP contribution in [0.1, 0.15) is 26.5 Å². The SMILES string of the molecule is CC(=O)C(C)(C)CN(C)Cc1cscn1. The van der Waals surface area contributed by atoms with Crippen LogP contribution < -0.4 is 0 Å². The lowest BCUT2D eigenvalue weighted by Crippen LogP contribution is -2.35. The molecule has 0 bridgehead atoms. The minimum Gasteiger partial charge on any atom is -0.300 e. The normalized spacial score (nSPS) is 12.1. The van der Waals surface area contributed by atoms with Crippen molar-refractivity contribution in [3.8, 4) is 0 Å². The molecule has 0 aliphatic heterocycles. The fraction of sp³-hybridized carbons (Fsp3) is 0.636. The average molecular weight is 226 g/mol. The molecule has 0 amide bonds. The molecule has 0 radical (unpaired) electrons. The Hall–Kier alpha value is -0.740. The third-order valence-electron chi connectivity index (χ3n) is 2.53. The van der Waals surface area contributed by atoms with Crippen LogP contribution in [-0.4, -0.2) is 29.3 Å². The Bertz CT molecular complexity index is 319. The molecule has 0 atom stereocenters. The van der Waals surface area contributed by atoms with Gasteiger partial charge in [-0.2, -0.15) is 0 Å². The summed E-state index contributed by atoms with van der Waals surface area (Å²) in [7, 11) is 2.02. The number of hydrogen-bond donors (Lipinski definition) is 0. The lowest BCUT2D eigenvalue weighted by atomic mass is 9.88. The van der Waals surface area contributed by atoms with Crippen molar-refractivity contribution in [2.75, 3.05) is 13.6 Å². The van der Waals surface area contributed by atoms with E-state index >= 15 is 0 Å². The van der Waals surface area contributed by atoms with Gasteiger partial charge in [0.05, 0.1) is 11.2 Å². The number of carbonyl (C=O) groups excluding carboxylic acids is 1. The van der Waals surface area contributed by atoms with Crippen LogP contribution in [0.2, 0.25) is 0 Å². The zero-order valence-electron chi connectivity index (χ0n) is 9.78. The van der Waals surface area contributed by atoms with Gasteiger partial charge in [-0.05, 0) is 14.0 Å². The van der Waals surface area contributed by atoms with E-state index < -0.39 is 0 Å². The minimum absolute atomic E-state index is 0.229. The number of thiazole rings is 1. The molecule has 0 aliphatic carbocycles. The van der Waals surface area contributed by atoms with Crippen molar-refractivity contribution in [2.24, 2.45) is 5.41 Å². The molecule has 4 heteroatoms. The molecule has 0 fully saturated rings. The number of Topliss-reactive ketones (excluding diaryl/α,β-unsaturated/α-hetero) is 1. The highest BCUT2D eigenvalue weighted by Gasteiger charge is 2.25. The summed E-state index contributed by atoms with van der Waals surface area (Å²) in [6.07, 6.45) is 0. The van der Waals surface area contributed by atoms with Crippen molar-refractivity contribution >= 4 is 17.1 Å².